The first-order valence-corrected chi connectivity index (χ1v) is 8.69. The molecule has 2 rings (SSSR count). The molecule has 1 N–H and O–H groups in total. The zero-order chi connectivity index (χ0) is 19.1. The highest BCUT2D eigenvalue weighted by atomic mass is 16.5. The Morgan fingerprint density at radius 3 is 2.38 bits per heavy atom. The summed E-state index contributed by atoms with van der Waals surface area (Å²) in [6.07, 6.45) is 0.755. The van der Waals surface area contributed by atoms with Crippen LogP contribution < -0.4 is 19.5 Å². The lowest BCUT2D eigenvalue weighted by Gasteiger charge is -2.19. The summed E-state index contributed by atoms with van der Waals surface area (Å²) in [7, 11) is 3.19. The van der Waals surface area contributed by atoms with Gasteiger partial charge in [-0.05, 0) is 55.2 Å². The van der Waals surface area contributed by atoms with Crippen molar-refractivity contribution in [2.24, 2.45) is 0 Å². The van der Waals surface area contributed by atoms with Crippen LogP contribution in [0, 0.1) is 13.8 Å². The van der Waals surface area contributed by atoms with Gasteiger partial charge >= 0.3 is 0 Å². The Labute approximate surface area is 155 Å². The van der Waals surface area contributed by atoms with Crippen LogP contribution in [0.15, 0.2) is 36.4 Å². The van der Waals surface area contributed by atoms with Crippen LogP contribution in [-0.4, -0.2) is 26.7 Å². The number of methoxy groups -OCH3 is 2. The minimum atomic E-state index is -0.160. The smallest absolute Gasteiger partial charge is 0.258 e. The van der Waals surface area contributed by atoms with Gasteiger partial charge in [0.05, 0.1) is 20.3 Å². The number of ether oxygens (including phenoxy) is 3. The molecule has 0 fully saturated rings. The van der Waals surface area contributed by atoms with Crippen molar-refractivity contribution in [2.75, 3.05) is 20.8 Å². The Bertz CT molecular complexity index is 758. The molecule has 0 bridgehead atoms. The number of nitrogens with one attached hydrogen (secondary N) is 1. The van der Waals surface area contributed by atoms with Crippen molar-refractivity contribution in [3.63, 3.8) is 0 Å². The van der Waals surface area contributed by atoms with Crippen LogP contribution in [0.5, 0.6) is 17.2 Å². The highest BCUT2D eigenvalue weighted by Crippen LogP contribution is 2.30. The maximum Gasteiger partial charge on any atom is 0.258 e. The molecule has 2 aromatic carbocycles. The molecule has 0 radical (unpaired) electrons. The third kappa shape index (κ3) is 4.91. The van der Waals surface area contributed by atoms with E-state index in [1.807, 2.05) is 57.2 Å². The molecule has 26 heavy (non-hydrogen) atoms. The zero-order valence-electron chi connectivity index (χ0n) is 16.1. The van der Waals surface area contributed by atoms with E-state index in [-0.39, 0.29) is 18.6 Å². The van der Waals surface area contributed by atoms with Gasteiger partial charge in [0.15, 0.2) is 18.1 Å². The van der Waals surface area contributed by atoms with E-state index < -0.39 is 0 Å². The van der Waals surface area contributed by atoms with Crippen LogP contribution in [-0.2, 0) is 4.79 Å². The Morgan fingerprint density at radius 1 is 1.00 bits per heavy atom. The molecule has 140 valence electrons. The Hall–Kier alpha value is -2.69. The number of hydrogen-bond acceptors (Lipinski definition) is 4. The molecule has 0 aromatic heterocycles. The van der Waals surface area contributed by atoms with Crippen molar-refractivity contribution < 1.29 is 19.0 Å². The van der Waals surface area contributed by atoms with Gasteiger partial charge in [-0.3, -0.25) is 4.79 Å². The molecule has 0 saturated carbocycles. The number of hydrogen-bond donors (Lipinski definition) is 1. The quantitative estimate of drug-likeness (QED) is 0.777. The summed E-state index contributed by atoms with van der Waals surface area (Å²) >= 11 is 0. The van der Waals surface area contributed by atoms with Gasteiger partial charge in [-0.2, -0.15) is 0 Å². The molecule has 0 aliphatic heterocycles. The van der Waals surface area contributed by atoms with Crippen LogP contribution in [0.1, 0.15) is 36.1 Å². The summed E-state index contributed by atoms with van der Waals surface area (Å²) < 4.78 is 16.3. The van der Waals surface area contributed by atoms with Crippen LogP contribution >= 0.6 is 0 Å². The Balaban J connectivity index is 2.03. The van der Waals surface area contributed by atoms with Crippen LogP contribution in [0.2, 0.25) is 0 Å². The van der Waals surface area contributed by atoms with E-state index in [1.165, 1.54) is 0 Å². The van der Waals surface area contributed by atoms with E-state index in [0.29, 0.717) is 11.5 Å². The second-order valence-corrected chi connectivity index (χ2v) is 6.20. The van der Waals surface area contributed by atoms with Crippen molar-refractivity contribution in [3.05, 3.63) is 53.1 Å². The summed E-state index contributed by atoms with van der Waals surface area (Å²) in [5, 5.41) is 3.02. The van der Waals surface area contributed by atoms with E-state index in [4.69, 9.17) is 14.2 Å². The summed E-state index contributed by atoms with van der Waals surface area (Å²) in [6.45, 7) is 5.96. The fraction of sp³-hybridized carbons (Fsp3) is 0.381. The molecule has 0 aliphatic carbocycles. The second kappa shape index (κ2) is 9.13. The maximum absolute atomic E-state index is 12.3. The van der Waals surface area contributed by atoms with E-state index in [0.717, 1.165) is 28.9 Å². The van der Waals surface area contributed by atoms with E-state index in [2.05, 4.69) is 5.32 Å². The SMILES string of the molecule is CC[C@H](NC(=O)COc1cc(C)ccc1C)c1ccc(OC)c(OC)c1. The van der Waals surface area contributed by atoms with Gasteiger partial charge in [0, 0.05) is 0 Å². The Morgan fingerprint density at radius 2 is 1.73 bits per heavy atom. The molecule has 0 spiro atoms. The third-order valence-corrected chi connectivity index (χ3v) is 4.26. The number of benzene rings is 2. The lowest BCUT2D eigenvalue weighted by atomic mass is 10.0. The minimum absolute atomic E-state index is 0.0198. The molecule has 0 heterocycles. The number of carbonyl (C=O) groups is 1. The number of aryl methyl sites for hydroxylation is 2. The molecular formula is C21H27NO4. The van der Waals surface area contributed by atoms with Crippen LogP contribution in [0.4, 0.5) is 0 Å². The van der Waals surface area contributed by atoms with Gasteiger partial charge in [0.25, 0.3) is 5.91 Å². The van der Waals surface area contributed by atoms with Crippen molar-refractivity contribution in [3.8, 4) is 17.2 Å². The molecule has 5 nitrogen and oxygen atoms in total. The molecule has 5 heteroatoms. The monoisotopic (exact) mass is 357 g/mol. The van der Waals surface area contributed by atoms with Crippen LogP contribution in [0.25, 0.3) is 0 Å². The number of amides is 1. The third-order valence-electron chi connectivity index (χ3n) is 4.26. The average molecular weight is 357 g/mol. The predicted octanol–water partition coefficient (Wildman–Crippen LogP) is 3.97. The lowest BCUT2D eigenvalue weighted by molar-refractivity contribution is -0.123. The van der Waals surface area contributed by atoms with Gasteiger partial charge in [0.2, 0.25) is 0 Å². The zero-order valence-corrected chi connectivity index (χ0v) is 16.1. The highest BCUT2D eigenvalue weighted by molar-refractivity contribution is 5.78. The Kier molecular flexibility index (Phi) is 6.89. The summed E-state index contributed by atoms with van der Waals surface area (Å²) in [5.74, 6) is 1.88. The van der Waals surface area contributed by atoms with E-state index in [1.54, 1.807) is 14.2 Å². The van der Waals surface area contributed by atoms with E-state index >= 15 is 0 Å². The molecule has 1 atom stereocenters. The average Bonchev–Trinajstić information content (AvgIpc) is 2.66. The number of carbonyl (C=O) groups excluding carboxylic acids is 1. The largest absolute Gasteiger partial charge is 0.493 e. The first-order valence-electron chi connectivity index (χ1n) is 8.69. The van der Waals surface area contributed by atoms with Gasteiger partial charge in [-0.15, -0.1) is 0 Å². The van der Waals surface area contributed by atoms with Crippen molar-refractivity contribution in [2.45, 2.75) is 33.2 Å². The second-order valence-electron chi connectivity index (χ2n) is 6.20. The molecule has 0 saturated heterocycles. The van der Waals surface area contributed by atoms with Crippen molar-refractivity contribution in [1.29, 1.82) is 0 Å². The molecule has 0 unspecified atom stereocenters. The summed E-state index contributed by atoms with van der Waals surface area (Å²) in [5.41, 5.74) is 3.07. The summed E-state index contributed by atoms with van der Waals surface area (Å²) in [4.78, 5) is 12.3. The van der Waals surface area contributed by atoms with E-state index in [9.17, 15) is 4.79 Å². The number of rotatable bonds is 8. The summed E-state index contributed by atoms with van der Waals surface area (Å²) in [6, 6.07) is 11.5. The van der Waals surface area contributed by atoms with Gasteiger partial charge in [0.1, 0.15) is 5.75 Å². The molecule has 1 amide bonds. The predicted molar refractivity (Wildman–Crippen MR) is 102 cm³/mol. The normalized spacial score (nSPS) is 11.6. The molecular weight excluding hydrogens is 330 g/mol. The standard InChI is InChI=1S/C21H27NO4/c1-6-17(16-9-10-18(24-4)20(12-16)25-5)22-21(23)13-26-19-11-14(2)7-8-15(19)3/h7-12,17H,6,13H2,1-5H3,(H,22,23)/t17-/m0/s1. The minimum Gasteiger partial charge on any atom is -0.493 e. The first kappa shape index (κ1) is 19.6. The lowest BCUT2D eigenvalue weighted by Crippen LogP contribution is -2.32. The topological polar surface area (TPSA) is 56.8 Å². The van der Waals surface area contributed by atoms with Gasteiger partial charge in [-0.25, -0.2) is 0 Å². The van der Waals surface area contributed by atoms with Gasteiger partial charge < -0.3 is 19.5 Å². The van der Waals surface area contributed by atoms with Crippen molar-refractivity contribution in [1.82, 2.24) is 5.32 Å². The van der Waals surface area contributed by atoms with Crippen LogP contribution in [0.3, 0.4) is 0 Å². The molecule has 0 aliphatic rings. The first-order chi connectivity index (χ1) is 12.5. The maximum atomic E-state index is 12.3. The van der Waals surface area contributed by atoms with Crippen molar-refractivity contribution >= 4 is 5.91 Å². The van der Waals surface area contributed by atoms with Gasteiger partial charge in [-0.1, -0.05) is 25.1 Å². The fourth-order valence-corrected chi connectivity index (χ4v) is 2.73. The highest BCUT2D eigenvalue weighted by Gasteiger charge is 2.16. The molecule has 2 aromatic rings. The fourth-order valence-electron chi connectivity index (χ4n) is 2.73.